The molecular weight excluding hydrogens is 416 g/mol. The van der Waals surface area contributed by atoms with Crippen LogP contribution >= 0.6 is 0 Å². The van der Waals surface area contributed by atoms with Gasteiger partial charge >= 0.3 is 0 Å². The normalized spacial score (nSPS) is 11.5. The Labute approximate surface area is 192 Å². The standard InChI is InChI=1S/C24H26N8O/c1-14-22(24(5,6)33)16(3)32(29-14)21-11-20(26-13-27-21)28-23-15(2)30-31(17(23)4)19-9-7-18(12-25)8-10-19/h7-11,13,33H,1-6H3,(H,26,27,28). The van der Waals surface area contributed by atoms with Crippen LogP contribution in [-0.4, -0.2) is 34.6 Å². The van der Waals surface area contributed by atoms with Crippen molar-refractivity contribution >= 4 is 11.5 Å². The molecule has 9 heteroatoms. The molecule has 33 heavy (non-hydrogen) atoms. The molecule has 0 aliphatic rings. The number of aromatic nitrogens is 6. The van der Waals surface area contributed by atoms with Crippen LogP contribution in [0.5, 0.6) is 0 Å². The van der Waals surface area contributed by atoms with Crippen molar-refractivity contribution in [2.45, 2.75) is 47.1 Å². The molecule has 0 saturated heterocycles. The van der Waals surface area contributed by atoms with E-state index in [1.54, 1.807) is 30.7 Å². The van der Waals surface area contributed by atoms with Gasteiger partial charge in [-0.25, -0.2) is 19.3 Å². The molecule has 0 amide bonds. The molecule has 0 unspecified atom stereocenters. The molecule has 3 heterocycles. The van der Waals surface area contributed by atoms with Gasteiger partial charge in [0.1, 0.15) is 12.1 Å². The summed E-state index contributed by atoms with van der Waals surface area (Å²) in [4.78, 5) is 8.75. The fraction of sp³-hybridized carbons (Fsp3) is 0.292. The van der Waals surface area contributed by atoms with E-state index in [4.69, 9.17) is 5.26 Å². The maximum Gasteiger partial charge on any atom is 0.159 e. The first-order valence-corrected chi connectivity index (χ1v) is 10.6. The zero-order valence-corrected chi connectivity index (χ0v) is 19.5. The highest BCUT2D eigenvalue weighted by Gasteiger charge is 2.26. The van der Waals surface area contributed by atoms with E-state index < -0.39 is 5.60 Å². The van der Waals surface area contributed by atoms with Crippen LogP contribution in [-0.2, 0) is 5.60 Å². The molecule has 3 aromatic heterocycles. The Bertz CT molecular complexity index is 1370. The van der Waals surface area contributed by atoms with Crippen molar-refractivity contribution in [3.8, 4) is 17.6 Å². The molecule has 0 saturated carbocycles. The Hall–Kier alpha value is -4.03. The van der Waals surface area contributed by atoms with Crippen LogP contribution in [0.2, 0.25) is 0 Å². The average molecular weight is 443 g/mol. The molecule has 0 fully saturated rings. The Morgan fingerprint density at radius 3 is 2.21 bits per heavy atom. The van der Waals surface area contributed by atoms with Crippen molar-refractivity contribution in [2.75, 3.05) is 5.32 Å². The lowest BCUT2D eigenvalue weighted by molar-refractivity contribution is 0.0772. The highest BCUT2D eigenvalue weighted by molar-refractivity contribution is 5.63. The van der Waals surface area contributed by atoms with E-state index in [0.29, 0.717) is 17.2 Å². The summed E-state index contributed by atoms with van der Waals surface area (Å²) < 4.78 is 3.55. The molecule has 0 radical (unpaired) electrons. The van der Waals surface area contributed by atoms with Crippen molar-refractivity contribution in [2.24, 2.45) is 0 Å². The molecule has 2 N–H and O–H groups in total. The Balaban J connectivity index is 1.68. The highest BCUT2D eigenvalue weighted by Crippen LogP contribution is 2.29. The largest absolute Gasteiger partial charge is 0.386 e. The highest BCUT2D eigenvalue weighted by atomic mass is 16.3. The summed E-state index contributed by atoms with van der Waals surface area (Å²) in [6, 6.07) is 11.2. The number of nitriles is 1. The number of nitrogens with one attached hydrogen (secondary N) is 1. The van der Waals surface area contributed by atoms with Gasteiger partial charge in [-0.05, 0) is 65.8 Å². The van der Waals surface area contributed by atoms with Gasteiger partial charge in [-0.2, -0.15) is 15.5 Å². The molecule has 0 atom stereocenters. The summed E-state index contributed by atoms with van der Waals surface area (Å²) in [5, 5.41) is 32.2. The summed E-state index contributed by atoms with van der Waals surface area (Å²) in [6.07, 6.45) is 1.48. The molecule has 168 valence electrons. The van der Waals surface area contributed by atoms with Crippen LogP contribution in [0.4, 0.5) is 11.5 Å². The first-order chi connectivity index (χ1) is 15.6. The second-order valence-corrected chi connectivity index (χ2v) is 8.52. The number of hydrogen-bond donors (Lipinski definition) is 2. The number of aliphatic hydroxyl groups is 1. The minimum Gasteiger partial charge on any atom is -0.386 e. The maximum absolute atomic E-state index is 10.5. The lowest BCUT2D eigenvalue weighted by Gasteiger charge is -2.18. The zero-order chi connectivity index (χ0) is 23.9. The van der Waals surface area contributed by atoms with Crippen molar-refractivity contribution < 1.29 is 5.11 Å². The molecule has 9 nitrogen and oxygen atoms in total. The van der Waals surface area contributed by atoms with E-state index in [2.05, 4.69) is 31.6 Å². The summed E-state index contributed by atoms with van der Waals surface area (Å²) >= 11 is 0. The van der Waals surface area contributed by atoms with Crippen molar-refractivity contribution in [1.82, 2.24) is 29.5 Å². The van der Waals surface area contributed by atoms with Crippen molar-refractivity contribution in [1.29, 1.82) is 5.26 Å². The van der Waals surface area contributed by atoms with Gasteiger partial charge in [-0.1, -0.05) is 0 Å². The predicted octanol–water partition coefficient (Wildman–Crippen LogP) is 3.92. The topological polar surface area (TPSA) is 117 Å². The third-order valence-electron chi connectivity index (χ3n) is 5.56. The fourth-order valence-electron chi connectivity index (χ4n) is 4.16. The quantitative estimate of drug-likeness (QED) is 0.481. The lowest BCUT2D eigenvalue weighted by atomic mass is 9.96. The van der Waals surface area contributed by atoms with Crippen LogP contribution in [0.3, 0.4) is 0 Å². The van der Waals surface area contributed by atoms with Gasteiger partial charge in [0.05, 0.1) is 45.7 Å². The lowest BCUT2D eigenvalue weighted by Crippen LogP contribution is -2.18. The first-order valence-electron chi connectivity index (χ1n) is 10.6. The number of benzene rings is 1. The first kappa shape index (κ1) is 22.2. The molecule has 0 spiro atoms. The third-order valence-corrected chi connectivity index (χ3v) is 5.56. The number of anilines is 2. The fourth-order valence-corrected chi connectivity index (χ4v) is 4.16. The molecule has 4 rings (SSSR count). The predicted molar refractivity (Wildman–Crippen MR) is 125 cm³/mol. The van der Waals surface area contributed by atoms with Gasteiger partial charge in [0, 0.05) is 17.3 Å². The van der Waals surface area contributed by atoms with Crippen LogP contribution in [0, 0.1) is 39.0 Å². The van der Waals surface area contributed by atoms with Crippen LogP contribution in [0.25, 0.3) is 11.5 Å². The average Bonchev–Trinajstić information content (AvgIpc) is 3.23. The SMILES string of the molecule is Cc1nn(-c2ccc(C#N)cc2)c(C)c1Nc1cc(-n2nc(C)c(C(C)(C)O)c2C)ncn1. The minimum atomic E-state index is -1.01. The maximum atomic E-state index is 10.5. The van der Waals surface area contributed by atoms with Gasteiger partial charge in [-0.3, -0.25) is 0 Å². The third kappa shape index (κ3) is 4.08. The van der Waals surface area contributed by atoms with Gasteiger partial charge in [0.25, 0.3) is 0 Å². The molecule has 4 aromatic rings. The number of aryl methyl sites for hydroxylation is 2. The Morgan fingerprint density at radius 2 is 1.61 bits per heavy atom. The van der Waals surface area contributed by atoms with Gasteiger partial charge in [-0.15, -0.1) is 0 Å². The van der Waals surface area contributed by atoms with E-state index in [1.165, 1.54) is 6.33 Å². The molecule has 0 aliphatic heterocycles. The van der Waals surface area contributed by atoms with Gasteiger partial charge < -0.3 is 10.4 Å². The van der Waals surface area contributed by atoms with E-state index in [9.17, 15) is 5.11 Å². The monoisotopic (exact) mass is 442 g/mol. The zero-order valence-electron chi connectivity index (χ0n) is 19.5. The van der Waals surface area contributed by atoms with Crippen LogP contribution in [0.15, 0.2) is 36.7 Å². The van der Waals surface area contributed by atoms with E-state index in [1.807, 2.05) is 50.6 Å². The Kier molecular flexibility index (Phi) is 5.47. The second kappa shape index (κ2) is 8.15. The van der Waals surface area contributed by atoms with Crippen molar-refractivity contribution in [3.05, 3.63) is 70.6 Å². The number of hydrogen-bond acceptors (Lipinski definition) is 7. The molecule has 0 aliphatic carbocycles. The number of nitrogens with zero attached hydrogens (tertiary/aromatic N) is 7. The smallest absolute Gasteiger partial charge is 0.159 e. The van der Waals surface area contributed by atoms with Gasteiger partial charge in [0.2, 0.25) is 0 Å². The summed E-state index contributed by atoms with van der Waals surface area (Å²) in [7, 11) is 0. The Morgan fingerprint density at radius 1 is 0.939 bits per heavy atom. The second-order valence-electron chi connectivity index (χ2n) is 8.52. The van der Waals surface area contributed by atoms with E-state index in [-0.39, 0.29) is 0 Å². The number of rotatable bonds is 5. The summed E-state index contributed by atoms with van der Waals surface area (Å²) in [5.41, 5.74) is 5.39. The summed E-state index contributed by atoms with van der Waals surface area (Å²) in [5.74, 6) is 1.20. The van der Waals surface area contributed by atoms with Gasteiger partial charge in [0.15, 0.2) is 5.82 Å². The summed E-state index contributed by atoms with van der Waals surface area (Å²) in [6.45, 7) is 11.2. The van der Waals surface area contributed by atoms with E-state index in [0.717, 1.165) is 39.7 Å². The molecular formula is C24H26N8O. The van der Waals surface area contributed by atoms with Crippen molar-refractivity contribution in [3.63, 3.8) is 0 Å². The minimum absolute atomic E-state index is 0.596. The molecule has 0 bridgehead atoms. The van der Waals surface area contributed by atoms with E-state index >= 15 is 0 Å². The van der Waals surface area contributed by atoms with Crippen LogP contribution in [0.1, 0.15) is 47.8 Å². The van der Waals surface area contributed by atoms with Crippen LogP contribution < -0.4 is 5.32 Å². The molecule has 1 aromatic carbocycles.